The number of carbonyl (C=O) groups is 1. The third-order valence-electron chi connectivity index (χ3n) is 6.01. The van der Waals surface area contributed by atoms with Crippen LogP contribution in [0, 0.1) is 0 Å². The van der Waals surface area contributed by atoms with E-state index in [1.165, 1.54) is 0 Å². The molecule has 0 amide bonds. The highest BCUT2D eigenvalue weighted by atomic mass is 16.5. The van der Waals surface area contributed by atoms with Gasteiger partial charge in [0.25, 0.3) is 0 Å². The number of ketones is 1. The Morgan fingerprint density at radius 1 is 1.07 bits per heavy atom. The Labute approximate surface area is 179 Å². The number of hydrogen-bond acceptors (Lipinski definition) is 3. The molecular formula is C27H29NO2. The zero-order valence-corrected chi connectivity index (χ0v) is 18.0. The Hall–Kier alpha value is -3.07. The van der Waals surface area contributed by atoms with Crippen LogP contribution in [0.2, 0.25) is 0 Å². The third kappa shape index (κ3) is 3.39. The topological polar surface area (TPSA) is 38.3 Å². The summed E-state index contributed by atoms with van der Waals surface area (Å²) in [5.74, 6) is 0.842. The molecule has 4 rings (SSSR count). The van der Waals surface area contributed by atoms with E-state index in [1.807, 2.05) is 18.2 Å². The predicted molar refractivity (Wildman–Crippen MR) is 123 cm³/mol. The molecule has 1 heterocycles. The lowest BCUT2D eigenvalue weighted by molar-refractivity contribution is -0.113. The monoisotopic (exact) mass is 399 g/mol. The maximum atomic E-state index is 12.8. The number of dihydropyridines is 1. The van der Waals surface area contributed by atoms with Crippen molar-refractivity contribution in [2.24, 2.45) is 0 Å². The maximum Gasteiger partial charge on any atom is 0.158 e. The van der Waals surface area contributed by atoms with Crippen LogP contribution >= 0.6 is 0 Å². The molecule has 1 unspecified atom stereocenters. The smallest absolute Gasteiger partial charge is 0.158 e. The van der Waals surface area contributed by atoms with E-state index in [4.69, 9.17) is 4.74 Å². The molecule has 0 aromatic heterocycles. The molecule has 1 aliphatic heterocycles. The zero-order valence-electron chi connectivity index (χ0n) is 18.0. The number of ether oxygens (including phenoxy) is 1. The second-order valence-electron chi connectivity index (χ2n) is 7.94. The minimum Gasteiger partial charge on any atom is -0.494 e. The summed E-state index contributed by atoms with van der Waals surface area (Å²) in [5.41, 5.74) is 8.43. The zero-order chi connectivity index (χ0) is 21.3. The Balaban J connectivity index is 1.80. The van der Waals surface area contributed by atoms with Gasteiger partial charge in [0.2, 0.25) is 0 Å². The van der Waals surface area contributed by atoms with Crippen LogP contribution in [0.5, 0.6) is 5.75 Å². The van der Waals surface area contributed by atoms with Gasteiger partial charge in [0.05, 0.1) is 12.3 Å². The van der Waals surface area contributed by atoms with Gasteiger partial charge >= 0.3 is 0 Å². The number of allylic oxidation sites excluding steroid dienone is 4. The molecule has 3 nitrogen and oxygen atoms in total. The summed E-state index contributed by atoms with van der Waals surface area (Å²) >= 11 is 0. The highest BCUT2D eigenvalue weighted by molar-refractivity contribution is 6.06. The van der Waals surface area contributed by atoms with Crippen molar-refractivity contribution in [3.05, 3.63) is 88.6 Å². The summed E-state index contributed by atoms with van der Waals surface area (Å²) in [7, 11) is 0. The molecule has 2 aromatic rings. The molecule has 0 saturated heterocycles. The van der Waals surface area contributed by atoms with Gasteiger partial charge in [-0.2, -0.15) is 0 Å². The van der Waals surface area contributed by atoms with E-state index in [2.05, 4.69) is 56.1 Å². The van der Waals surface area contributed by atoms with Crippen molar-refractivity contribution in [3.63, 3.8) is 0 Å². The van der Waals surface area contributed by atoms with Crippen LogP contribution in [0.4, 0.5) is 0 Å². The molecule has 1 N–H and O–H groups in total. The van der Waals surface area contributed by atoms with Gasteiger partial charge in [0.1, 0.15) is 5.75 Å². The van der Waals surface area contributed by atoms with E-state index in [0.717, 1.165) is 76.4 Å². The lowest BCUT2D eigenvalue weighted by atomic mass is 9.77. The fraction of sp³-hybridized carbons (Fsp3) is 0.296. The second kappa shape index (κ2) is 8.35. The van der Waals surface area contributed by atoms with Gasteiger partial charge in [-0.15, -0.1) is 0 Å². The van der Waals surface area contributed by atoms with Crippen molar-refractivity contribution < 1.29 is 9.53 Å². The van der Waals surface area contributed by atoms with E-state index < -0.39 is 0 Å². The fourth-order valence-corrected chi connectivity index (χ4v) is 4.51. The van der Waals surface area contributed by atoms with Crippen molar-refractivity contribution in [3.8, 4) is 5.75 Å². The van der Waals surface area contributed by atoms with E-state index in [-0.39, 0.29) is 11.7 Å². The van der Waals surface area contributed by atoms with Crippen molar-refractivity contribution in [2.75, 3.05) is 6.61 Å². The number of unbranched alkanes of at least 4 members (excludes halogenated alkanes) is 1. The Morgan fingerprint density at radius 3 is 2.40 bits per heavy atom. The highest BCUT2D eigenvalue weighted by Gasteiger charge is 2.39. The van der Waals surface area contributed by atoms with Crippen LogP contribution in [0.1, 0.15) is 62.6 Å². The number of fused-ring (bicyclic) bond motifs is 2. The Morgan fingerprint density at radius 2 is 1.77 bits per heavy atom. The first-order valence-corrected chi connectivity index (χ1v) is 10.8. The normalized spacial score (nSPS) is 17.6. The number of rotatable bonds is 7. The van der Waals surface area contributed by atoms with E-state index >= 15 is 0 Å². The van der Waals surface area contributed by atoms with Crippen molar-refractivity contribution in [2.45, 2.75) is 46.0 Å². The van der Waals surface area contributed by atoms with Gasteiger partial charge in [0, 0.05) is 22.8 Å². The summed E-state index contributed by atoms with van der Waals surface area (Å²) in [6.45, 7) is 11.0. The minimum absolute atomic E-state index is 0.0999. The molecule has 30 heavy (non-hydrogen) atoms. The van der Waals surface area contributed by atoms with E-state index in [0.29, 0.717) is 0 Å². The summed E-state index contributed by atoms with van der Waals surface area (Å²) in [4.78, 5) is 12.8. The summed E-state index contributed by atoms with van der Waals surface area (Å²) in [6.07, 6.45) is 2.93. The van der Waals surface area contributed by atoms with Gasteiger partial charge in [0.15, 0.2) is 5.78 Å². The number of nitrogens with one attached hydrogen (secondary N) is 1. The SMILES string of the molecule is C=C1C2=C(NC(CC)=C(C(C)=O)C2c2ccc(OCCCC)cc2)c2ccccc21. The standard InChI is InChI=1S/C27H29NO2/c1-5-7-16-30-20-14-12-19(13-15-20)26-24-17(3)21-10-8-9-11-22(21)27(24)28-23(6-2)25(26)18(4)29/h8-15,26,28H,3,5-7,16H2,1-2,4H3. The first-order valence-electron chi connectivity index (χ1n) is 10.8. The largest absolute Gasteiger partial charge is 0.494 e. The van der Waals surface area contributed by atoms with Gasteiger partial charge in [-0.1, -0.05) is 63.2 Å². The van der Waals surface area contributed by atoms with Crippen LogP contribution in [-0.2, 0) is 4.79 Å². The Bertz CT molecular complexity index is 1060. The number of benzene rings is 2. The van der Waals surface area contributed by atoms with Gasteiger partial charge < -0.3 is 10.1 Å². The summed E-state index contributed by atoms with van der Waals surface area (Å²) in [6, 6.07) is 16.5. The molecule has 0 radical (unpaired) electrons. The molecule has 154 valence electrons. The molecule has 0 spiro atoms. The number of hydrogen-bond donors (Lipinski definition) is 1. The van der Waals surface area contributed by atoms with Crippen LogP contribution < -0.4 is 10.1 Å². The van der Waals surface area contributed by atoms with E-state index in [9.17, 15) is 4.79 Å². The van der Waals surface area contributed by atoms with Crippen molar-refractivity contribution in [1.82, 2.24) is 5.32 Å². The molecule has 0 fully saturated rings. The molecule has 1 aliphatic carbocycles. The lowest BCUT2D eigenvalue weighted by Gasteiger charge is -2.31. The van der Waals surface area contributed by atoms with Gasteiger partial charge in [-0.3, -0.25) is 4.79 Å². The summed E-state index contributed by atoms with van der Waals surface area (Å²) < 4.78 is 5.84. The maximum absolute atomic E-state index is 12.8. The van der Waals surface area contributed by atoms with Gasteiger partial charge in [-0.25, -0.2) is 0 Å². The quantitative estimate of drug-likeness (QED) is 0.560. The number of Topliss-reactive ketones (excluding diaryl/α,β-unsaturated/α-hetero) is 1. The molecule has 1 atom stereocenters. The number of carbonyl (C=O) groups excluding carboxylic acids is 1. The third-order valence-corrected chi connectivity index (χ3v) is 6.01. The van der Waals surface area contributed by atoms with E-state index in [1.54, 1.807) is 6.92 Å². The molecule has 2 aromatic carbocycles. The van der Waals surface area contributed by atoms with Crippen LogP contribution in [0.3, 0.4) is 0 Å². The second-order valence-corrected chi connectivity index (χ2v) is 7.94. The molecular weight excluding hydrogens is 370 g/mol. The molecule has 3 heteroatoms. The van der Waals surface area contributed by atoms with Gasteiger partial charge in [-0.05, 0) is 54.2 Å². The average molecular weight is 400 g/mol. The van der Waals surface area contributed by atoms with Crippen LogP contribution in [-0.4, -0.2) is 12.4 Å². The molecule has 0 bridgehead atoms. The van der Waals surface area contributed by atoms with Crippen LogP contribution in [0.15, 0.2) is 72.0 Å². The molecule has 0 saturated carbocycles. The lowest BCUT2D eigenvalue weighted by Crippen LogP contribution is -2.27. The average Bonchev–Trinajstić information content (AvgIpc) is 3.05. The predicted octanol–water partition coefficient (Wildman–Crippen LogP) is 6.24. The fourth-order valence-electron chi connectivity index (χ4n) is 4.51. The first-order chi connectivity index (χ1) is 14.6. The highest BCUT2D eigenvalue weighted by Crippen LogP contribution is 2.51. The minimum atomic E-state index is -0.127. The summed E-state index contributed by atoms with van der Waals surface area (Å²) in [5, 5.41) is 3.58. The Kier molecular flexibility index (Phi) is 5.63. The first kappa shape index (κ1) is 20.2. The van der Waals surface area contributed by atoms with Crippen molar-refractivity contribution >= 4 is 17.1 Å². The van der Waals surface area contributed by atoms with Crippen molar-refractivity contribution in [1.29, 1.82) is 0 Å². The van der Waals surface area contributed by atoms with Crippen LogP contribution in [0.25, 0.3) is 11.3 Å². The molecule has 2 aliphatic rings.